The normalized spacial score (nSPS) is 16.8. The second-order valence-corrected chi connectivity index (χ2v) is 6.13. The number of rotatable bonds is 7. The summed E-state index contributed by atoms with van der Waals surface area (Å²) in [5, 5.41) is 11.8. The molecule has 1 heterocycles. The van der Waals surface area contributed by atoms with Crippen LogP contribution in [0.25, 0.3) is 0 Å². The molecule has 1 saturated heterocycles. The van der Waals surface area contributed by atoms with E-state index in [0.717, 1.165) is 32.4 Å². The van der Waals surface area contributed by atoms with Crippen molar-refractivity contribution in [2.45, 2.75) is 39.5 Å². The zero-order valence-electron chi connectivity index (χ0n) is 13.3. The Morgan fingerprint density at radius 1 is 1.14 bits per heavy atom. The first kappa shape index (κ1) is 17.8. The Morgan fingerprint density at radius 2 is 1.90 bits per heavy atom. The van der Waals surface area contributed by atoms with E-state index in [4.69, 9.17) is 5.11 Å². The fraction of sp³-hybridized carbons (Fsp3) is 0.867. The number of nitrogens with one attached hydrogen (secondary N) is 1. The first-order chi connectivity index (χ1) is 9.99. The third kappa shape index (κ3) is 7.90. The van der Waals surface area contributed by atoms with Crippen molar-refractivity contribution in [3.8, 4) is 0 Å². The van der Waals surface area contributed by atoms with Crippen LogP contribution in [-0.2, 0) is 4.79 Å². The number of carbonyl (C=O) groups is 2. The molecule has 0 radical (unpaired) electrons. The van der Waals surface area contributed by atoms with E-state index >= 15 is 0 Å². The third-order valence-corrected chi connectivity index (χ3v) is 3.72. The maximum Gasteiger partial charge on any atom is 0.317 e. The molecular formula is C15H29N3O3. The van der Waals surface area contributed by atoms with Gasteiger partial charge < -0.3 is 15.3 Å². The molecule has 0 bridgehead atoms. The predicted molar refractivity (Wildman–Crippen MR) is 82.4 cm³/mol. The molecule has 2 N–H and O–H groups in total. The van der Waals surface area contributed by atoms with Crippen molar-refractivity contribution in [3.05, 3.63) is 0 Å². The number of aliphatic carboxylic acids is 1. The fourth-order valence-electron chi connectivity index (χ4n) is 2.51. The van der Waals surface area contributed by atoms with Gasteiger partial charge in [0.15, 0.2) is 0 Å². The number of nitrogens with zero attached hydrogens (tertiary/aromatic N) is 2. The molecule has 0 unspecified atom stereocenters. The van der Waals surface area contributed by atoms with Gasteiger partial charge in [0.2, 0.25) is 0 Å². The maximum absolute atomic E-state index is 12.1. The van der Waals surface area contributed by atoms with Gasteiger partial charge in [0.05, 0.1) is 6.54 Å². The van der Waals surface area contributed by atoms with E-state index in [1.165, 1.54) is 6.42 Å². The minimum atomic E-state index is -0.807. The number of carboxylic acid groups (broad SMARTS) is 1. The third-order valence-electron chi connectivity index (χ3n) is 3.72. The molecule has 6 heteroatoms. The summed E-state index contributed by atoms with van der Waals surface area (Å²) in [4.78, 5) is 26.5. The van der Waals surface area contributed by atoms with Crippen LogP contribution in [0, 0.1) is 5.92 Å². The summed E-state index contributed by atoms with van der Waals surface area (Å²) in [6.07, 6.45) is 4.19. The highest BCUT2D eigenvalue weighted by molar-refractivity contribution is 5.74. The molecule has 1 aliphatic rings. The second-order valence-electron chi connectivity index (χ2n) is 6.13. The first-order valence-corrected chi connectivity index (χ1v) is 7.96. The Hall–Kier alpha value is -1.30. The van der Waals surface area contributed by atoms with E-state index in [0.29, 0.717) is 25.6 Å². The lowest BCUT2D eigenvalue weighted by Gasteiger charge is -2.21. The van der Waals surface area contributed by atoms with Gasteiger partial charge in [-0.2, -0.15) is 0 Å². The molecule has 0 spiro atoms. The van der Waals surface area contributed by atoms with Crippen molar-refractivity contribution >= 4 is 12.0 Å². The van der Waals surface area contributed by atoms with Crippen LogP contribution < -0.4 is 5.32 Å². The van der Waals surface area contributed by atoms with Gasteiger partial charge in [-0.25, -0.2) is 4.79 Å². The number of hydrogen-bond donors (Lipinski definition) is 2. The molecule has 1 fully saturated rings. The zero-order chi connectivity index (χ0) is 15.7. The van der Waals surface area contributed by atoms with Crippen LogP contribution in [0.5, 0.6) is 0 Å². The summed E-state index contributed by atoms with van der Waals surface area (Å²) in [5.41, 5.74) is 0. The van der Waals surface area contributed by atoms with Gasteiger partial charge in [0.25, 0.3) is 0 Å². The highest BCUT2D eigenvalue weighted by atomic mass is 16.4. The van der Waals surface area contributed by atoms with E-state index < -0.39 is 5.97 Å². The van der Waals surface area contributed by atoms with Crippen molar-refractivity contribution in [1.82, 2.24) is 15.1 Å². The molecule has 1 aliphatic heterocycles. The van der Waals surface area contributed by atoms with Gasteiger partial charge in [-0.3, -0.25) is 9.69 Å². The molecule has 6 nitrogen and oxygen atoms in total. The zero-order valence-corrected chi connectivity index (χ0v) is 13.3. The number of unbranched alkanes of at least 4 members (excludes halogenated alkanes) is 1. The average molecular weight is 299 g/mol. The topological polar surface area (TPSA) is 72.9 Å². The van der Waals surface area contributed by atoms with Gasteiger partial charge in [-0.05, 0) is 18.8 Å². The molecule has 2 amide bonds. The van der Waals surface area contributed by atoms with Crippen molar-refractivity contribution in [1.29, 1.82) is 0 Å². The lowest BCUT2D eigenvalue weighted by Crippen LogP contribution is -2.42. The van der Waals surface area contributed by atoms with E-state index in [2.05, 4.69) is 19.2 Å². The molecule has 1 rings (SSSR count). The number of hydrogen-bond acceptors (Lipinski definition) is 3. The predicted octanol–water partition coefficient (Wildman–Crippen LogP) is 1.61. The SMILES string of the molecule is CC(C)CCCCNC(=O)N1CCCN(CC(=O)O)CC1. The van der Waals surface area contributed by atoms with Gasteiger partial charge >= 0.3 is 12.0 Å². The summed E-state index contributed by atoms with van der Waals surface area (Å²) in [6.45, 7) is 7.87. The van der Waals surface area contributed by atoms with Crippen LogP contribution in [0.2, 0.25) is 0 Å². The Labute approximate surface area is 127 Å². The van der Waals surface area contributed by atoms with Gasteiger partial charge in [-0.15, -0.1) is 0 Å². The first-order valence-electron chi connectivity index (χ1n) is 7.96. The van der Waals surface area contributed by atoms with Gasteiger partial charge in [0, 0.05) is 32.7 Å². The smallest absolute Gasteiger partial charge is 0.317 e. The Bertz CT molecular complexity index is 334. The molecule has 0 saturated carbocycles. The van der Waals surface area contributed by atoms with E-state index in [1.807, 2.05) is 4.90 Å². The van der Waals surface area contributed by atoms with Gasteiger partial charge in [-0.1, -0.05) is 26.7 Å². The molecule has 0 aromatic carbocycles. The number of urea groups is 1. The van der Waals surface area contributed by atoms with Crippen LogP contribution in [0.15, 0.2) is 0 Å². The number of carbonyl (C=O) groups excluding carboxylic acids is 1. The standard InChI is InChI=1S/C15H29N3O3/c1-13(2)6-3-4-7-16-15(21)18-9-5-8-17(10-11-18)12-14(19)20/h13H,3-12H2,1-2H3,(H,16,21)(H,19,20). The molecule has 0 atom stereocenters. The van der Waals surface area contributed by atoms with Crippen molar-refractivity contribution in [3.63, 3.8) is 0 Å². The summed E-state index contributed by atoms with van der Waals surface area (Å²) >= 11 is 0. The Morgan fingerprint density at radius 3 is 2.57 bits per heavy atom. The molecule has 0 aromatic rings. The Kier molecular flexibility index (Phi) is 8.12. The van der Waals surface area contributed by atoms with Crippen LogP contribution >= 0.6 is 0 Å². The summed E-state index contributed by atoms with van der Waals surface area (Å²) < 4.78 is 0. The van der Waals surface area contributed by atoms with Crippen molar-refractivity contribution < 1.29 is 14.7 Å². The molecule has 0 aromatic heterocycles. The molecular weight excluding hydrogens is 270 g/mol. The average Bonchev–Trinajstić information content (AvgIpc) is 2.62. The summed E-state index contributed by atoms with van der Waals surface area (Å²) in [7, 11) is 0. The quantitative estimate of drug-likeness (QED) is 0.701. The van der Waals surface area contributed by atoms with E-state index in [9.17, 15) is 9.59 Å². The molecule has 21 heavy (non-hydrogen) atoms. The van der Waals surface area contributed by atoms with E-state index in [1.54, 1.807) is 4.90 Å². The van der Waals surface area contributed by atoms with Gasteiger partial charge in [0.1, 0.15) is 0 Å². The maximum atomic E-state index is 12.1. The minimum Gasteiger partial charge on any atom is -0.480 e. The lowest BCUT2D eigenvalue weighted by atomic mass is 10.1. The van der Waals surface area contributed by atoms with Crippen LogP contribution in [-0.4, -0.2) is 66.2 Å². The monoisotopic (exact) mass is 299 g/mol. The highest BCUT2D eigenvalue weighted by Gasteiger charge is 2.19. The minimum absolute atomic E-state index is 0.0169. The largest absolute Gasteiger partial charge is 0.480 e. The number of amides is 2. The van der Waals surface area contributed by atoms with Crippen molar-refractivity contribution in [2.24, 2.45) is 5.92 Å². The van der Waals surface area contributed by atoms with Crippen LogP contribution in [0.1, 0.15) is 39.5 Å². The Balaban J connectivity index is 2.20. The number of carboxylic acids is 1. The molecule has 0 aliphatic carbocycles. The van der Waals surface area contributed by atoms with E-state index in [-0.39, 0.29) is 12.6 Å². The molecule has 122 valence electrons. The highest BCUT2D eigenvalue weighted by Crippen LogP contribution is 2.06. The summed E-state index contributed by atoms with van der Waals surface area (Å²) in [5.74, 6) is -0.0930. The van der Waals surface area contributed by atoms with Crippen molar-refractivity contribution in [2.75, 3.05) is 39.3 Å². The lowest BCUT2D eigenvalue weighted by molar-refractivity contribution is -0.138. The fourth-order valence-corrected chi connectivity index (χ4v) is 2.51. The second kappa shape index (κ2) is 9.60. The summed E-state index contributed by atoms with van der Waals surface area (Å²) in [6, 6.07) is -0.0169. The van der Waals surface area contributed by atoms with Crippen LogP contribution in [0.4, 0.5) is 4.79 Å². The van der Waals surface area contributed by atoms with Crippen LogP contribution in [0.3, 0.4) is 0 Å².